The molecule has 0 saturated carbocycles. The Bertz CT molecular complexity index is 936. The van der Waals surface area contributed by atoms with Crippen LogP contribution in [0.4, 0.5) is 0 Å². The van der Waals surface area contributed by atoms with E-state index < -0.39 is 0 Å². The average molecular weight is 368 g/mol. The van der Waals surface area contributed by atoms with Crippen molar-refractivity contribution < 1.29 is 0 Å². The Morgan fingerprint density at radius 3 is 2.56 bits per heavy atom. The number of nitrogens with one attached hydrogen (secondary N) is 1. The molecule has 1 atom stereocenters. The highest BCUT2D eigenvalue weighted by atomic mass is 35.5. The highest BCUT2D eigenvalue weighted by molar-refractivity contribution is 6.31. The Morgan fingerprint density at radius 1 is 0.920 bits per heavy atom. The van der Waals surface area contributed by atoms with Gasteiger partial charge in [-0.1, -0.05) is 47.5 Å². The Balaban J connectivity index is 1.71. The summed E-state index contributed by atoms with van der Waals surface area (Å²) >= 11 is 12.1. The summed E-state index contributed by atoms with van der Waals surface area (Å²) in [5.41, 5.74) is 3.98. The number of pyridine rings is 1. The van der Waals surface area contributed by atoms with Gasteiger partial charge in [0, 0.05) is 33.9 Å². The van der Waals surface area contributed by atoms with Gasteiger partial charge in [0.05, 0.1) is 11.7 Å². The molecule has 0 radical (unpaired) electrons. The van der Waals surface area contributed by atoms with E-state index in [2.05, 4.69) is 10.3 Å². The Labute approximate surface area is 156 Å². The Hall–Kier alpha value is -2.36. The first-order valence-corrected chi connectivity index (χ1v) is 8.75. The van der Waals surface area contributed by atoms with Crippen LogP contribution in [0, 0.1) is 0 Å². The third-order valence-electron chi connectivity index (χ3n) is 4.16. The first-order chi connectivity index (χ1) is 12.2. The number of nitrogens with zero attached hydrogens (tertiary/aromatic N) is 2. The zero-order valence-corrected chi connectivity index (χ0v) is 14.8. The summed E-state index contributed by atoms with van der Waals surface area (Å²) < 4.78 is 0. The Kier molecular flexibility index (Phi) is 4.43. The summed E-state index contributed by atoms with van der Waals surface area (Å²) in [5, 5.41) is 4.84. The summed E-state index contributed by atoms with van der Waals surface area (Å²) in [7, 11) is 0. The maximum atomic E-state index is 6.11. The number of hydrogen-bond donors (Lipinski definition) is 1. The second-order valence-electron chi connectivity index (χ2n) is 5.84. The lowest BCUT2D eigenvalue weighted by atomic mass is 10.1. The molecule has 0 aliphatic carbocycles. The molecule has 0 amide bonds. The number of amidine groups is 1. The fourth-order valence-electron chi connectivity index (χ4n) is 2.95. The second-order valence-corrected chi connectivity index (χ2v) is 6.71. The van der Waals surface area contributed by atoms with Crippen LogP contribution >= 0.6 is 23.2 Å². The van der Waals surface area contributed by atoms with Crippen molar-refractivity contribution in [2.24, 2.45) is 4.99 Å². The van der Waals surface area contributed by atoms with Crippen molar-refractivity contribution in [1.29, 1.82) is 0 Å². The predicted molar refractivity (Wildman–Crippen MR) is 103 cm³/mol. The molecule has 25 heavy (non-hydrogen) atoms. The predicted octanol–water partition coefficient (Wildman–Crippen LogP) is 5.15. The van der Waals surface area contributed by atoms with E-state index in [4.69, 9.17) is 28.2 Å². The lowest BCUT2D eigenvalue weighted by Crippen LogP contribution is -2.21. The van der Waals surface area contributed by atoms with Crippen LogP contribution in [-0.2, 0) is 0 Å². The van der Waals surface area contributed by atoms with E-state index in [1.165, 1.54) is 0 Å². The van der Waals surface area contributed by atoms with Crippen LogP contribution in [0.3, 0.4) is 0 Å². The zero-order chi connectivity index (χ0) is 17.2. The number of aliphatic imine (C=N–C) groups is 1. The van der Waals surface area contributed by atoms with Crippen molar-refractivity contribution >= 4 is 29.0 Å². The van der Waals surface area contributed by atoms with E-state index in [0.717, 1.165) is 39.8 Å². The van der Waals surface area contributed by atoms with E-state index in [1.807, 2.05) is 60.7 Å². The van der Waals surface area contributed by atoms with E-state index >= 15 is 0 Å². The highest BCUT2D eigenvalue weighted by Crippen LogP contribution is 2.28. The fourth-order valence-corrected chi connectivity index (χ4v) is 3.27. The minimum atomic E-state index is 0.0481. The van der Waals surface area contributed by atoms with Gasteiger partial charge in [-0.15, -0.1) is 0 Å². The molecule has 1 aliphatic rings. The first-order valence-electron chi connectivity index (χ1n) is 7.99. The van der Waals surface area contributed by atoms with E-state index in [1.54, 1.807) is 6.20 Å². The van der Waals surface area contributed by atoms with Gasteiger partial charge in [0.15, 0.2) is 0 Å². The van der Waals surface area contributed by atoms with Gasteiger partial charge < -0.3 is 5.32 Å². The van der Waals surface area contributed by atoms with Gasteiger partial charge in [0.2, 0.25) is 0 Å². The summed E-state index contributed by atoms with van der Waals surface area (Å²) in [4.78, 5) is 9.40. The fraction of sp³-hybridized carbons (Fsp3) is 0.100. The second kappa shape index (κ2) is 6.87. The molecule has 1 unspecified atom stereocenters. The first kappa shape index (κ1) is 16.1. The van der Waals surface area contributed by atoms with Crippen LogP contribution in [0.1, 0.15) is 17.2 Å². The van der Waals surface area contributed by atoms with Gasteiger partial charge in [-0.25, -0.2) is 0 Å². The van der Waals surface area contributed by atoms with Crippen molar-refractivity contribution in [3.05, 3.63) is 88.0 Å². The summed E-state index contributed by atoms with van der Waals surface area (Å²) in [6.45, 7) is 0.741. The van der Waals surface area contributed by atoms with Crippen molar-refractivity contribution in [1.82, 2.24) is 10.3 Å². The molecule has 1 N–H and O–H groups in total. The number of aromatic nitrogens is 1. The maximum Gasteiger partial charge on any atom is 0.131 e. The minimum absolute atomic E-state index is 0.0481. The molecule has 2 heterocycles. The SMILES string of the molecule is Clc1ccc(-c2ncccc2C2=NC(c3cccc(Cl)c3)CN2)cc1. The normalized spacial score (nSPS) is 16.4. The van der Waals surface area contributed by atoms with Gasteiger partial charge in [-0.3, -0.25) is 9.98 Å². The van der Waals surface area contributed by atoms with Crippen molar-refractivity contribution in [3.63, 3.8) is 0 Å². The van der Waals surface area contributed by atoms with Crippen LogP contribution in [0.2, 0.25) is 10.0 Å². The van der Waals surface area contributed by atoms with Crippen molar-refractivity contribution in [2.45, 2.75) is 6.04 Å². The number of rotatable bonds is 3. The molecular formula is C20H15Cl2N3. The molecule has 5 heteroatoms. The van der Waals surface area contributed by atoms with Gasteiger partial charge in [-0.05, 0) is 42.0 Å². The van der Waals surface area contributed by atoms with Crippen LogP contribution in [0.5, 0.6) is 0 Å². The molecule has 0 bridgehead atoms. The molecule has 1 aliphatic heterocycles. The van der Waals surface area contributed by atoms with Crippen LogP contribution in [-0.4, -0.2) is 17.4 Å². The van der Waals surface area contributed by atoms with E-state index in [0.29, 0.717) is 5.02 Å². The number of halogens is 2. The number of benzene rings is 2. The molecule has 2 aromatic carbocycles. The van der Waals surface area contributed by atoms with Gasteiger partial charge in [-0.2, -0.15) is 0 Å². The lowest BCUT2D eigenvalue weighted by molar-refractivity contribution is 0.751. The molecular weight excluding hydrogens is 353 g/mol. The van der Waals surface area contributed by atoms with Gasteiger partial charge in [0.25, 0.3) is 0 Å². The standard InChI is InChI=1S/C20H15Cl2N3/c21-15-8-6-13(7-9-15)19-17(5-2-10-23-19)20-24-12-18(25-20)14-3-1-4-16(22)11-14/h1-11,18H,12H2,(H,24,25). The largest absolute Gasteiger partial charge is 0.367 e. The zero-order valence-electron chi connectivity index (χ0n) is 13.3. The van der Waals surface area contributed by atoms with Crippen LogP contribution < -0.4 is 5.32 Å². The quantitative estimate of drug-likeness (QED) is 0.695. The van der Waals surface area contributed by atoms with Crippen LogP contribution in [0.15, 0.2) is 71.9 Å². The number of hydrogen-bond acceptors (Lipinski definition) is 3. The van der Waals surface area contributed by atoms with E-state index in [9.17, 15) is 0 Å². The Morgan fingerprint density at radius 2 is 1.76 bits per heavy atom. The molecule has 4 rings (SSSR count). The van der Waals surface area contributed by atoms with Gasteiger partial charge in [0.1, 0.15) is 5.84 Å². The van der Waals surface area contributed by atoms with E-state index in [-0.39, 0.29) is 6.04 Å². The topological polar surface area (TPSA) is 37.3 Å². The monoisotopic (exact) mass is 367 g/mol. The smallest absolute Gasteiger partial charge is 0.131 e. The van der Waals surface area contributed by atoms with Crippen molar-refractivity contribution in [2.75, 3.05) is 6.54 Å². The molecule has 1 aromatic heterocycles. The third-order valence-corrected chi connectivity index (χ3v) is 4.65. The maximum absolute atomic E-state index is 6.11. The summed E-state index contributed by atoms with van der Waals surface area (Å²) in [6, 6.07) is 19.5. The highest BCUT2D eigenvalue weighted by Gasteiger charge is 2.22. The molecule has 0 saturated heterocycles. The third kappa shape index (κ3) is 3.39. The molecule has 0 fully saturated rings. The minimum Gasteiger partial charge on any atom is -0.367 e. The van der Waals surface area contributed by atoms with Crippen molar-refractivity contribution in [3.8, 4) is 11.3 Å². The van der Waals surface area contributed by atoms with Gasteiger partial charge >= 0.3 is 0 Å². The molecule has 0 spiro atoms. The molecule has 124 valence electrons. The summed E-state index contributed by atoms with van der Waals surface area (Å²) in [5.74, 6) is 0.850. The van der Waals surface area contributed by atoms with Crippen LogP contribution in [0.25, 0.3) is 11.3 Å². The average Bonchev–Trinajstić information content (AvgIpc) is 3.12. The molecule has 3 nitrogen and oxygen atoms in total. The molecule has 3 aromatic rings. The summed E-state index contributed by atoms with van der Waals surface area (Å²) in [6.07, 6.45) is 1.79. The lowest BCUT2D eigenvalue weighted by Gasteiger charge is -2.09.